The van der Waals surface area contributed by atoms with Crippen molar-refractivity contribution in [2.45, 2.75) is 19.4 Å². The number of likely N-dealkylation sites (N-methyl/N-ethyl adjacent to an activating group) is 1. The molecule has 0 saturated carbocycles. The summed E-state index contributed by atoms with van der Waals surface area (Å²) in [6, 6.07) is 5.46. The third-order valence-electron chi connectivity index (χ3n) is 3.52. The van der Waals surface area contributed by atoms with Gasteiger partial charge in [0.2, 0.25) is 0 Å². The molecule has 0 aliphatic carbocycles. The fourth-order valence-corrected chi connectivity index (χ4v) is 2.40. The average Bonchev–Trinajstić information content (AvgIpc) is 2.90. The van der Waals surface area contributed by atoms with Gasteiger partial charge in [-0.1, -0.05) is 6.07 Å². The van der Waals surface area contributed by atoms with Crippen LogP contribution in [-0.2, 0) is 6.54 Å². The van der Waals surface area contributed by atoms with E-state index < -0.39 is 0 Å². The number of hydrogen-bond acceptors (Lipinski definition) is 3. The van der Waals surface area contributed by atoms with Gasteiger partial charge < -0.3 is 15.1 Å². The number of nitrogens with zero attached hydrogens (tertiary/aromatic N) is 2. The van der Waals surface area contributed by atoms with E-state index in [0.717, 1.165) is 44.0 Å². The average molecular weight is 265 g/mol. The molecular formula is C15H24FN3. The van der Waals surface area contributed by atoms with Crippen molar-refractivity contribution in [3.63, 3.8) is 0 Å². The molecule has 2 rings (SSSR count). The highest BCUT2D eigenvalue weighted by Gasteiger charge is 2.16. The van der Waals surface area contributed by atoms with Gasteiger partial charge in [0.25, 0.3) is 0 Å². The van der Waals surface area contributed by atoms with Crippen LogP contribution in [0, 0.1) is 5.82 Å². The lowest BCUT2D eigenvalue weighted by Gasteiger charge is -2.19. The summed E-state index contributed by atoms with van der Waals surface area (Å²) in [7, 11) is 4.12. The van der Waals surface area contributed by atoms with Crippen LogP contribution in [0.25, 0.3) is 0 Å². The summed E-state index contributed by atoms with van der Waals surface area (Å²) < 4.78 is 13.8. The molecule has 4 heteroatoms. The van der Waals surface area contributed by atoms with Crippen LogP contribution in [0.1, 0.15) is 18.4 Å². The quantitative estimate of drug-likeness (QED) is 0.795. The zero-order chi connectivity index (χ0) is 13.7. The molecule has 3 nitrogen and oxygen atoms in total. The molecule has 1 N–H and O–H groups in total. The summed E-state index contributed by atoms with van der Waals surface area (Å²) in [5.74, 6) is -0.0982. The number of anilines is 1. The molecule has 0 amide bonds. The van der Waals surface area contributed by atoms with Crippen molar-refractivity contribution < 1.29 is 4.39 Å². The number of nitrogens with one attached hydrogen (secondary N) is 1. The molecule has 1 aliphatic heterocycles. The molecule has 0 atom stereocenters. The summed E-state index contributed by atoms with van der Waals surface area (Å²) in [5.41, 5.74) is 1.92. The van der Waals surface area contributed by atoms with Gasteiger partial charge in [-0.25, -0.2) is 4.39 Å². The van der Waals surface area contributed by atoms with E-state index >= 15 is 0 Å². The molecule has 1 saturated heterocycles. The van der Waals surface area contributed by atoms with Gasteiger partial charge in [0.05, 0.1) is 5.69 Å². The van der Waals surface area contributed by atoms with Crippen molar-refractivity contribution >= 4 is 5.69 Å². The van der Waals surface area contributed by atoms with Crippen molar-refractivity contribution in [3.05, 3.63) is 29.6 Å². The highest BCUT2D eigenvalue weighted by atomic mass is 19.1. The molecule has 0 unspecified atom stereocenters. The first kappa shape index (κ1) is 14.3. The van der Waals surface area contributed by atoms with Crippen molar-refractivity contribution in [2.24, 2.45) is 0 Å². The Labute approximate surface area is 115 Å². The Kier molecular flexibility index (Phi) is 5.16. The molecule has 106 valence electrons. The van der Waals surface area contributed by atoms with Crippen LogP contribution in [0.3, 0.4) is 0 Å². The summed E-state index contributed by atoms with van der Waals surface area (Å²) in [6.07, 6.45) is 2.34. The van der Waals surface area contributed by atoms with Crippen LogP contribution in [-0.4, -0.2) is 45.2 Å². The minimum Gasteiger partial charge on any atom is -0.369 e. The Morgan fingerprint density at radius 1 is 1.26 bits per heavy atom. The van der Waals surface area contributed by atoms with Gasteiger partial charge >= 0.3 is 0 Å². The predicted octanol–water partition coefficient (Wildman–Crippen LogP) is 2.08. The van der Waals surface area contributed by atoms with Crippen molar-refractivity contribution in [3.8, 4) is 0 Å². The second-order valence-electron chi connectivity index (χ2n) is 5.46. The largest absolute Gasteiger partial charge is 0.369 e. The standard InChI is InChI=1S/C15H24FN3/c1-18(2)10-7-17-12-13-5-6-14(16)15(11-13)19-8-3-4-9-19/h5-6,11,17H,3-4,7-10,12H2,1-2H3. The topological polar surface area (TPSA) is 18.5 Å². The molecule has 0 radical (unpaired) electrons. The molecule has 1 aromatic carbocycles. The van der Waals surface area contributed by atoms with Gasteiger partial charge in [-0.15, -0.1) is 0 Å². The number of rotatable bonds is 6. The van der Waals surface area contributed by atoms with Crippen LogP contribution in [0.15, 0.2) is 18.2 Å². The van der Waals surface area contributed by atoms with E-state index in [1.807, 2.05) is 12.1 Å². The maximum Gasteiger partial charge on any atom is 0.146 e. The van der Waals surface area contributed by atoms with E-state index in [1.165, 1.54) is 12.8 Å². The molecule has 1 fully saturated rings. The Hall–Kier alpha value is -1.13. The second kappa shape index (κ2) is 6.87. The summed E-state index contributed by atoms with van der Waals surface area (Å²) in [6.45, 7) is 4.72. The monoisotopic (exact) mass is 265 g/mol. The van der Waals surface area contributed by atoms with Gasteiger partial charge in [-0.2, -0.15) is 0 Å². The second-order valence-corrected chi connectivity index (χ2v) is 5.46. The van der Waals surface area contributed by atoms with Crippen LogP contribution in [0.4, 0.5) is 10.1 Å². The smallest absolute Gasteiger partial charge is 0.146 e. The Balaban J connectivity index is 1.92. The van der Waals surface area contributed by atoms with E-state index in [2.05, 4.69) is 29.2 Å². The third-order valence-corrected chi connectivity index (χ3v) is 3.52. The highest BCUT2D eigenvalue weighted by Crippen LogP contribution is 2.24. The summed E-state index contributed by atoms with van der Waals surface area (Å²) in [5, 5.41) is 3.39. The first-order chi connectivity index (χ1) is 9.16. The fraction of sp³-hybridized carbons (Fsp3) is 0.600. The minimum atomic E-state index is -0.0982. The van der Waals surface area contributed by atoms with Crippen molar-refractivity contribution in [2.75, 3.05) is 45.2 Å². The maximum absolute atomic E-state index is 13.8. The molecule has 0 bridgehead atoms. The normalized spacial score (nSPS) is 15.5. The van der Waals surface area contributed by atoms with E-state index in [4.69, 9.17) is 0 Å². The van der Waals surface area contributed by atoms with Crippen LogP contribution in [0.2, 0.25) is 0 Å². The van der Waals surface area contributed by atoms with Gasteiger partial charge in [0.1, 0.15) is 5.82 Å². The fourth-order valence-electron chi connectivity index (χ4n) is 2.40. The maximum atomic E-state index is 13.8. The lowest BCUT2D eigenvalue weighted by Crippen LogP contribution is -2.26. The molecule has 1 aromatic rings. The van der Waals surface area contributed by atoms with Crippen LogP contribution >= 0.6 is 0 Å². The lowest BCUT2D eigenvalue weighted by atomic mass is 10.1. The highest BCUT2D eigenvalue weighted by molar-refractivity contribution is 5.50. The van der Waals surface area contributed by atoms with Crippen molar-refractivity contribution in [1.82, 2.24) is 10.2 Å². The van der Waals surface area contributed by atoms with Gasteiger partial charge in [-0.3, -0.25) is 0 Å². The Morgan fingerprint density at radius 3 is 2.68 bits per heavy atom. The molecule has 19 heavy (non-hydrogen) atoms. The molecule has 0 aromatic heterocycles. The summed E-state index contributed by atoms with van der Waals surface area (Å²) >= 11 is 0. The van der Waals surface area contributed by atoms with E-state index in [1.54, 1.807) is 6.07 Å². The van der Waals surface area contributed by atoms with E-state index in [-0.39, 0.29) is 5.82 Å². The molecule has 1 aliphatic rings. The number of hydrogen-bond donors (Lipinski definition) is 1. The number of halogens is 1. The minimum absolute atomic E-state index is 0.0982. The SMILES string of the molecule is CN(C)CCNCc1ccc(F)c(N2CCCC2)c1. The zero-order valence-electron chi connectivity index (χ0n) is 12.0. The Morgan fingerprint density at radius 2 is 2.00 bits per heavy atom. The first-order valence-electron chi connectivity index (χ1n) is 7.05. The van der Waals surface area contributed by atoms with Crippen molar-refractivity contribution in [1.29, 1.82) is 0 Å². The van der Waals surface area contributed by atoms with Gasteiger partial charge in [-0.05, 0) is 44.6 Å². The first-order valence-corrected chi connectivity index (χ1v) is 7.05. The van der Waals surface area contributed by atoms with Gasteiger partial charge in [0, 0.05) is 32.7 Å². The molecule has 1 heterocycles. The lowest BCUT2D eigenvalue weighted by molar-refractivity contribution is 0.400. The van der Waals surface area contributed by atoms with Gasteiger partial charge in [0.15, 0.2) is 0 Å². The third kappa shape index (κ3) is 4.18. The predicted molar refractivity (Wildman–Crippen MR) is 78.1 cm³/mol. The Bertz CT molecular complexity index is 400. The summed E-state index contributed by atoms with van der Waals surface area (Å²) in [4.78, 5) is 4.30. The van der Waals surface area contributed by atoms with E-state index in [9.17, 15) is 4.39 Å². The molecular weight excluding hydrogens is 241 g/mol. The number of benzene rings is 1. The van der Waals surface area contributed by atoms with E-state index in [0.29, 0.717) is 0 Å². The molecule has 0 spiro atoms. The van der Waals surface area contributed by atoms with Crippen LogP contribution in [0.5, 0.6) is 0 Å². The zero-order valence-corrected chi connectivity index (χ0v) is 12.0. The van der Waals surface area contributed by atoms with Crippen LogP contribution < -0.4 is 10.2 Å².